The molecule has 0 N–H and O–H groups in total. The van der Waals surface area contributed by atoms with E-state index in [1.807, 2.05) is 13.0 Å². The predicted molar refractivity (Wildman–Crippen MR) is 96.7 cm³/mol. The Kier molecular flexibility index (Phi) is 7.11. The van der Waals surface area contributed by atoms with E-state index in [0.29, 0.717) is 6.61 Å². The minimum atomic E-state index is 0.702. The van der Waals surface area contributed by atoms with Gasteiger partial charge in [0.1, 0.15) is 5.75 Å². The van der Waals surface area contributed by atoms with Crippen LogP contribution in [0.25, 0.3) is 0 Å². The first-order valence-corrected chi connectivity index (χ1v) is 8.30. The van der Waals surface area contributed by atoms with Gasteiger partial charge in [0.2, 0.25) is 0 Å². The number of likely N-dealkylation sites (N-methyl/N-ethyl adjacent to an activating group) is 1. The maximum atomic E-state index is 5.78. The van der Waals surface area contributed by atoms with Crippen LogP contribution < -0.4 is 4.74 Å². The van der Waals surface area contributed by atoms with Crippen molar-refractivity contribution in [3.63, 3.8) is 0 Å². The molecule has 0 aliphatic rings. The summed E-state index contributed by atoms with van der Waals surface area (Å²) < 4.78 is 5.78. The lowest BCUT2D eigenvalue weighted by atomic mass is 10.1. The van der Waals surface area contributed by atoms with Gasteiger partial charge in [-0.3, -0.25) is 4.90 Å². The Balaban J connectivity index is 2.10. The molecule has 0 saturated heterocycles. The van der Waals surface area contributed by atoms with Gasteiger partial charge in [-0.2, -0.15) is 0 Å². The average molecular weight is 312 g/mol. The van der Waals surface area contributed by atoms with Crippen LogP contribution in [-0.4, -0.2) is 43.6 Å². The monoisotopic (exact) mass is 312 g/mol. The molecule has 0 aliphatic heterocycles. The van der Waals surface area contributed by atoms with Crippen LogP contribution in [0.3, 0.4) is 0 Å². The Morgan fingerprint density at radius 1 is 0.826 bits per heavy atom. The van der Waals surface area contributed by atoms with Crippen LogP contribution in [0, 0.1) is 0 Å². The van der Waals surface area contributed by atoms with Crippen LogP contribution in [0.2, 0.25) is 0 Å². The Morgan fingerprint density at radius 2 is 1.52 bits per heavy atom. The van der Waals surface area contributed by atoms with Crippen molar-refractivity contribution in [1.29, 1.82) is 0 Å². The number of hydrogen-bond acceptors (Lipinski definition) is 3. The molecule has 2 rings (SSSR count). The fourth-order valence-corrected chi connectivity index (χ4v) is 2.57. The molecule has 23 heavy (non-hydrogen) atoms. The van der Waals surface area contributed by atoms with Gasteiger partial charge in [-0.1, -0.05) is 48.5 Å². The largest absolute Gasteiger partial charge is 0.494 e. The number of para-hydroxylation sites is 1. The first-order chi connectivity index (χ1) is 11.2. The summed E-state index contributed by atoms with van der Waals surface area (Å²) in [6.07, 6.45) is 0. The highest BCUT2D eigenvalue weighted by atomic mass is 16.5. The zero-order chi connectivity index (χ0) is 16.5. The number of benzene rings is 2. The summed E-state index contributed by atoms with van der Waals surface area (Å²) in [6, 6.07) is 19.0. The first-order valence-electron chi connectivity index (χ1n) is 8.30. The summed E-state index contributed by atoms with van der Waals surface area (Å²) >= 11 is 0. The van der Waals surface area contributed by atoms with Gasteiger partial charge in [-0.25, -0.2) is 0 Å². The summed E-state index contributed by atoms with van der Waals surface area (Å²) in [6.45, 7) is 6.66. The van der Waals surface area contributed by atoms with Crippen LogP contribution in [0.5, 0.6) is 5.75 Å². The normalized spacial score (nSPS) is 11.2. The van der Waals surface area contributed by atoms with Crippen molar-refractivity contribution >= 4 is 0 Å². The summed E-state index contributed by atoms with van der Waals surface area (Å²) in [5, 5.41) is 0. The van der Waals surface area contributed by atoms with Gasteiger partial charge in [0.15, 0.2) is 0 Å². The topological polar surface area (TPSA) is 15.7 Å². The Labute approximate surface area is 140 Å². The van der Waals surface area contributed by atoms with Gasteiger partial charge in [0.25, 0.3) is 0 Å². The van der Waals surface area contributed by atoms with Gasteiger partial charge in [-0.15, -0.1) is 0 Å². The van der Waals surface area contributed by atoms with E-state index in [1.54, 1.807) is 0 Å². The van der Waals surface area contributed by atoms with Crippen LogP contribution in [0.15, 0.2) is 54.6 Å². The lowest BCUT2D eigenvalue weighted by Gasteiger charge is -2.25. The fourth-order valence-electron chi connectivity index (χ4n) is 2.57. The van der Waals surface area contributed by atoms with Crippen molar-refractivity contribution in [2.75, 3.05) is 33.8 Å². The summed E-state index contributed by atoms with van der Waals surface area (Å²) in [4.78, 5) is 4.71. The summed E-state index contributed by atoms with van der Waals surface area (Å²) in [5.41, 5.74) is 2.60. The quantitative estimate of drug-likeness (QED) is 0.703. The molecule has 0 heterocycles. The lowest BCUT2D eigenvalue weighted by Crippen LogP contribution is -2.31. The molecule has 0 amide bonds. The molecular weight excluding hydrogens is 284 g/mol. The Hall–Kier alpha value is -1.84. The highest BCUT2D eigenvalue weighted by molar-refractivity contribution is 5.33. The van der Waals surface area contributed by atoms with Gasteiger partial charge < -0.3 is 9.64 Å². The van der Waals surface area contributed by atoms with Gasteiger partial charge in [-0.05, 0) is 32.6 Å². The van der Waals surface area contributed by atoms with Crippen molar-refractivity contribution in [3.05, 3.63) is 65.7 Å². The average Bonchev–Trinajstić information content (AvgIpc) is 2.55. The van der Waals surface area contributed by atoms with Crippen molar-refractivity contribution in [2.45, 2.75) is 20.0 Å². The zero-order valence-corrected chi connectivity index (χ0v) is 14.5. The van der Waals surface area contributed by atoms with Crippen molar-refractivity contribution in [2.24, 2.45) is 0 Å². The molecule has 0 unspecified atom stereocenters. The number of rotatable bonds is 9. The highest BCUT2D eigenvalue weighted by Gasteiger charge is 2.11. The number of nitrogens with zero attached hydrogens (tertiary/aromatic N) is 2. The zero-order valence-electron chi connectivity index (χ0n) is 14.5. The van der Waals surface area contributed by atoms with Gasteiger partial charge >= 0.3 is 0 Å². The number of ether oxygens (including phenoxy) is 1. The smallest absolute Gasteiger partial charge is 0.123 e. The summed E-state index contributed by atoms with van der Waals surface area (Å²) in [7, 11) is 4.24. The molecule has 0 bridgehead atoms. The second kappa shape index (κ2) is 9.33. The minimum Gasteiger partial charge on any atom is -0.494 e. The molecule has 3 nitrogen and oxygen atoms in total. The molecule has 0 radical (unpaired) electrons. The minimum absolute atomic E-state index is 0.702. The standard InChI is InChI=1S/C20H28N2O/c1-4-23-20-13-9-8-12-19(20)17-22(15-14-21(2)3)16-18-10-6-5-7-11-18/h5-13H,4,14-17H2,1-3H3. The second-order valence-electron chi connectivity index (χ2n) is 6.04. The van der Waals surface area contributed by atoms with E-state index in [1.165, 1.54) is 11.1 Å². The van der Waals surface area contributed by atoms with Crippen LogP contribution in [0.1, 0.15) is 18.1 Å². The first kappa shape index (κ1) is 17.5. The highest BCUT2D eigenvalue weighted by Crippen LogP contribution is 2.20. The van der Waals surface area contributed by atoms with Crippen molar-refractivity contribution in [3.8, 4) is 5.75 Å². The number of hydrogen-bond donors (Lipinski definition) is 0. The van der Waals surface area contributed by atoms with E-state index in [-0.39, 0.29) is 0 Å². The molecule has 2 aromatic rings. The maximum Gasteiger partial charge on any atom is 0.123 e. The third-order valence-corrected chi connectivity index (χ3v) is 3.78. The van der Waals surface area contributed by atoms with E-state index in [2.05, 4.69) is 72.4 Å². The second-order valence-corrected chi connectivity index (χ2v) is 6.04. The molecule has 124 valence electrons. The van der Waals surface area contributed by atoms with Crippen molar-refractivity contribution < 1.29 is 4.74 Å². The van der Waals surface area contributed by atoms with E-state index >= 15 is 0 Å². The molecule has 3 heteroatoms. The Morgan fingerprint density at radius 3 is 2.22 bits per heavy atom. The molecule has 0 atom stereocenters. The van der Waals surface area contributed by atoms with E-state index in [4.69, 9.17) is 4.74 Å². The third kappa shape index (κ3) is 6.05. The van der Waals surface area contributed by atoms with E-state index in [0.717, 1.165) is 31.9 Å². The Bertz CT molecular complexity index is 569. The van der Waals surface area contributed by atoms with Crippen molar-refractivity contribution in [1.82, 2.24) is 9.80 Å². The van der Waals surface area contributed by atoms with Crippen LogP contribution in [-0.2, 0) is 13.1 Å². The molecular formula is C20H28N2O. The molecule has 0 aliphatic carbocycles. The SMILES string of the molecule is CCOc1ccccc1CN(CCN(C)C)Cc1ccccc1. The molecule has 2 aromatic carbocycles. The third-order valence-electron chi connectivity index (χ3n) is 3.78. The van der Waals surface area contributed by atoms with E-state index < -0.39 is 0 Å². The van der Waals surface area contributed by atoms with Crippen LogP contribution in [0.4, 0.5) is 0 Å². The van der Waals surface area contributed by atoms with Gasteiger partial charge in [0.05, 0.1) is 6.61 Å². The lowest BCUT2D eigenvalue weighted by molar-refractivity contribution is 0.222. The van der Waals surface area contributed by atoms with Crippen LogP contribution >= 0.6 is 0 Å². The van der Waals surface area contributed by atoms with E-state index in [9.17, 15) is 0 Å². The van der Waals surface area contributed by atoms with Gasteiger partial charge in [0, 0.05) is 31.7 Å². The molecule has 0 saturated carbocycles. The maximum absolute atomic E-state index is 5.78. The fraction of sp³-hybridized carbons (Fsp3) is 0.400. The summed E-state index contributed by atoms with van der Waals surface area (Å²) in [5.74, 6) is 0.998. The molecule has 0 aromatic heterocycles. The molecule has 0 spiro atoms. The predicted octanol–water partition coefficient (Wildman–Crippen LogP) is 3.65. The molecule has 0 fully saturated rings.